The molecule has 0 aromatic carbocycles. The van der Waals surface area contributed by atoms with Crippen LogP contribution >= 0.6 is 0 Å². The van der Waals surface area contributed by atoms with Gasteiger partial charge in [0.2, 0.25) is 0 Å². The Bertz CT molecular complexity index is 234. The summed E-state index contributed by atoms with van der Waals surface area (Å²) in [5, 5.41) is 11.9. The standard InChI is InChI=1S/C12H21NO3/c1-3-16-10-8-12(5-4-9-13-15)7-6-11(2)14/h4-5,8,11,14H,3,6-7,9-10H2,1-2H3/b5-4-,12-8+. The third-order valence-electron chi connectivity index (χ3n) is 2.03. The van der Waals surface area contributed by atoms with Gasteiger partial charge in [-0.25, -0.2) is 0 Å². The molecule has 0 aromatic heterocycles. The van der Waals surface area contributed by atoms with Gasteiger partial charge in [-0.15, -0.1) is 0 Å². The minimum atomic E-state index is -0.312. The molecular weight excluding hydrogens is 206 g/mol. The minimum Gasteiger partial charge on any atom is -0.393 e. The molecule has 16 heavy (non-hydrogen) atoms. The summed E-state index contributed by atoms with van der Waals surface area (Å²) in [6.45, 7) is 5.12. The summed E-state index contributed by atoms with van der Waals surface area (Å²) in [6.07, 6.45) is 6.72. The van der Waals surface area contributed by atoms with Crippen molar-refractivity contribution >= 4 is 0 Å². The average Bonchev–Trinajstić information content (AvgIpc) is 2.25. The summed E-state index contributed by atoms with van der Waals surface area (Å²) in [5.74, 6) is 0. The number of allylic oxidation sites excluding steroid dienone is 2. The van der Waals surface area contributed by atoms with E-state index in [0.29, 0.717) is 19.6 Å². The minimum absolute atomic E-state index is 0.181. The van der Waals surface area contributed by atoms with Crippen LogP contribution in [0.4, 0.5) is 0 Å². The van der Waals surface area contributed by atoms with Crippen molar-refractivity contribution in [1.29, 1.82) is 0 Å². The second kappa shape index (κ2) is 10.5. The highest BCUT2D eigenvalue weighted by Crippen LogP contribution is 2.09. The van der Waals surface area contributed by atoms with E-state index < -0.39 is 0 Å². The number of nitrogens with zero attached hydrogens (tertiary/aromatic N) is 1. The van der Waals surface area contributed by atoms with E-state index in [2.05, 4.69) is 5.18 Å². The molecule has 92 valence electrons. The van der Waals surface area contributed by atoms with Gasteiger partial charge in [-0.05, 0) is 32.3 Å². The van der Waals surface area contributed by atoms with Crippen molar-refractivity contribution in [2.45, 2.75) is 32.8 Å². The molecule has 0 aliphatic carbocycles. The molecule has 0 radical (unpaired) electrons. The lowest BCUT2D eigenvalue weighted by atomic mass is 10.1. The highest BCUT2D eigenvalue weighted by Gasteiger charge is 1.98. The molecule has 0 spiro atoms. The molecule has 0 amide bonds. The number of aliphatic hydroxyl groups is 1. The van der Waals surface area contributed by atoms with Gasteiger partial charge in [0.05, 0.1) is 19.3 Å². The number of rotatable bonds is 9. The number of aliphatic hydroxyl groups excluding tert-OH is 1. The van der Waals surface area contributed by atoms with Crippen molar-refractivity contribution < 1.29 is 9.84 Å². The van der Waals surface area contributed by atoms with Crippen LogP contribution in [0.25, 0.3) is 0 Å². The van der Waals surface area contributed by atoms with Gasteiger partial charge in [-0.3, -0.25) is 0 Å². The zero-order chi connectivity index (χ0) is 12.2. The van der Waals surface area contributed by atoms with Crippen molar-refractivity contribution in [3.63, 3.8) is 0 Å². The van der Waals surface area contributed by atoms with Crippen LogP contribution in [0.5, 0.6) is 0 Å². The molecule has 0 aliphatic heterocycles. The Morgan fingerprint density at radius 3 is 2.88 bits per heavy atom. The van der Waals surface area contributed by atoms with Crippen LogP contribution < -0.4 is 0 Å². The number of hydrogen-bond donors (Lipinski definition) is 1. The summed E-state index contributed by atoms with van der Waals surface area (Å²) in [5.41, 5.74) is 1.07. The summed E-state index contributed by atoms with van der Waals surface area (Å²) in [4.78, 5) is 9.93. The lowest BCUT2D eigenvalue weighted by Gasteiger charge is -2.05. The molecule has 1 N–H and O–H groups in total. The van der Waals surface area contributed by atoms with Crippen LogP contribution in [0, 0.1) is 4.91 Å². The lowest BCUT2D eigenvalue weighted by Crippen LogP contribution is -2.00. The van der Waals surface area contributed by atoms with E-state index in [1.807, 2.05) is 19.1 Å². The van der Waals surface area contributed by atoms with Crippen molar-refractivity contribution in [3.8, 4) is 0 Å². The van der Waals surface area contributed by atoms with E-state index in [-0.39, 0.29) is 12.6 Å². The van der Waals surface area contributed by atoms with Gasteiger partial charge >= 0.3 is 0 Å². The first kappa shape index (κ1) is 15.0. The molecule has 0 saturated carbocycles. The fourth-order valence-electron chi connectivity index (χ4n) is 1.16. The first-order valence-corrected chi connectivity index (χ1v) is 5.61. The summed E-state index contributed by atoms with van der Waals surface area (Å²) >= 11 is 0. The number of ether oxygens (including phenoxy) is 1. The second-order valence-corrected chi connectivity index (χ2v) is 3.54. The van der Waals surface area contributed by atoms with Gasteiger partial charge < -0.3 is 9.84 Å². The van der Waals surface area contributed by atoms with Gasteiger partial charge in [0.1, 0.15) is 0 Å². The Morgan fingerprint density at radius 2 is 2.31 bits per heavy atom. The summed E-state index contributed by atoms with van der Waals surface area (Å²) in [6, 6.07) is 0. The van der Waals surface area contributed by atoms with Crippen LogP contribution in [0.1, 0.15) is 26.7 Å². The van der Waals surface area contributed by atoms with Crippen LogP contribution in [-0.2, 0) is 4.74 Å². The third kappa shape index (κ3) is 9.55. The van der Waals surface area contributed by atoms with E-state index in [1.165, 1.54) is 0 Å². The zero-order valence-corrected chi connectivity index (χ0v) is 10.1. The molecule has 0 bridgehead atoms. The van der Waals surface area contributed by atoms with E-state index in [9.17, 15) is 10.0 Å². The highest BCUT2D eigenvalue weighted by atomic mass is 16.5. The quantitative estimate of drug-likeness (QED) is 0.374. The topological polar surface area (TPSA) is 58.9 Å². The van der Waals surface area contributed by atoms with Crippen molar-refractivity contribution in [2.24, 2.45) is 5.18 Å². The number of nitroso groups, excluding NO2 is 1. The SMILES string of the molecule is CCOC/C=C(\C=C/CN=O)CCC(C)O. The smallest absolute Gasteiger partial charge is 0.0995 e. The van der Waals surface area contributed by atoms with Gasteiger partial charge in [-0.2, -0.15) is 4.91 Å². The fourth-order valence-corrected chi connectivity index (χ4v) is 1.16. The van der Waals surface area contributed by atoms with Crippen molar-refractivity contribution in [1.82, 2.24) is 0 Å². The van der Waals surface area contributed by atoms with Crippen LogP contribution in [-0.4, -0.2) is 31.0 Å². The Hall–Kier alpha value is -1.00. The monoisotopic (exact) mass is 227 g/mol. The average molecular weight is 227 g/mol. The molecule has 4 heteroatoms. The largest absolute Gasteiger partial charge is 0.393 e. The maximum Gasteiger partial charge on any atom is 0.0995 e. The van der Waals surface area contributed by atoms with Crippen molar-refractivity contribution in [2.75, 3.05) is 19.8 Å². The van der Waals surface area contributed by atoms with E-state index in [1.54, 1.807) is 13.0 Å². The predicted molar refractivity (Wildman–Crippen MR) is 65.3 cm³/mol. The molecule has 0 fully saturated rings. The molecule has 0 aromatic rings. The molecule has 0 heterocycles. The molecule has 4 nitrogen and oxygen atoms in total. The van der Waals surface area contributed by atoms with E-state index in [0.717, 1.165) is 12.0 Å². The van der Waals surface area contributed by atoms with Crippen LogP contribution in [0.3, 0.4) is 0 Å². The van der Waals surface area contributed by atoms with Gasteiger partial charge in [-0.1, -0.05) is 23.4 Å². The second-order valence-electron chi connectivity index (χ2n) is 3.54. The Labute approximate surface area is 97.0 Å². The van der Waals surface area contributed by atoms with E-state index in [4.69, 9.17) is 4.74 Å². The molecular formula is C12H21NO3. The lowest BCUT2D eigenvalue weighted by molar-refractivity contribution is 0.175. The predicted octanol–water partition coefficient (Wildman–Crippen LogP) is 2.43. The number of hydrogen-bond acceptors (Lipinski definition) is 4. The first-order chi connectivity index (χ1) is 7.70. The van der Waals surface area contributed by atoms with Crippen LogP contribution in [0.15, 0.2) is 29.0 Å². The Kier molecular flexibility index (Phi) is 9.86. The fraction of sp³-hybridized carbons (Fsp3) is 0.667. The Morgan fingerprint density at radius 1 is 1.56 bits per heavy atom. The summed E-state index contributed by atoms with van der Waals surface area (Å²) < 4.78 is 5.22. The molecule has 0 saturated heterocycles. The molecule has 0 aliphatic rings. The van der Waals surface area contributed by atoms with Crippen molar-refractivity contribution in [3.05, 3.63) is 28.7 Å². The van der Waals surface area contributed by atoms with E-state index >= 15 is 0 Å². The third-order valence-corrected chi connectivity index (χ3v) is 2.03. The summed E-state index contributed by atoms with van der Waals surface area (Å²) in [7, 11) is 0. The first-order valence-electron chi connectivity index (χ1n) is 5.61. The molecule has 1 unspecified atom stereocenters. The molecule has 1 atom stereocenters. The maximum absolute atomic E-state index is 9.93. The Balaban J connectivity index is 4.14. The van der Waals surface area contributed by atoms with Crippen LogP contribution in [0.2, 0.25) is 0 Å². The maximum atomic E-state index is 9.93. The zero-order valence-electron chi connectivity index (χ0n) is 10.1. The van der Waals surface area contributed by atoms with Gasteiger partial charge in [0, 0.05) is 6.61 Å². The highest BCUT2D eigenvalue weighted by molar-refractivity contribution is 5.19. The van der Waals surface area contributed by atoms with Gasteiger partial charge in [0.15, 0.2) is 0 Å². The normalized spacial score (nSPS) is 14.3. The molecule has 0 rings (SSSR count). The van der Waals surface area contributed by atoms with Gasteiger partial charge in [0.25, 0.3) is 0 Å².